The third-order valence-corrected chi connectivity index (χ3v) is 8.63. The first-order valence-corrected chi connectivity index (χ1v) is 15.5. The molecule has 9 nitrogen and oxygen atoms in total. The molecule has 2 fully saturated rings. The minimum atomic E-state index is -0.251. The Morgan fingerprint density at radius 3 is 2.25 bits per heavy atom. The molecule has 0 radical (unpaired) electrons. The number of carbonyl (C=O) groups excluding carboxylic acids is 2. The van der Waals surface area contributed by atoms with Gasteiger partial charge in [0.05, 0.1) is 23.1 Å². The minimum absolute atomic E-state index is 0.00252. The molecule has 44 heavy (non-hydrogen) atoms. The first-order chi connectivity index (χ1) is 21.2. The van der Waals surface area contributed by atoms with Gasteiger partial charge in [-0.15, -0.1) is 0 Å². The molecular formula is C35H41N7O2. The molecule has 2 aliphatic rings. The molecule has 2 aromatic carbocycles. The molecule has 6 rings (SSSR count). The molecule has 4 aromatic rings. The summed E-state index contributed by atoms with van der Waals surface area (Å²) in [7, 11) is 3.97. The summed E-state index contributed by atoms with van der Waals surface area (Å²) in [6, 6.07) is 18.7. The summed E-state index contributed by atoms with van der Waals surface area (Å²) < 4.78 is 1.81. The van der Waals surface area contributed by atoms with Gasteiger partial charge in [-0.25, -0.2) is 4.98 Å². The van der Waals surface area contributed by atoms with Crippen LogP contribution < -0.4 is 15.5 Å². The molecule has 2 N–H and O–H groups in total. The number of anilines is 3. The van der Waals surface area contributed by atoms with Crippen LogP contribution in [0.3, 0.4) is 0 Å². The number of amides is 2. The fourth-order valence-electron chi connectivity index (χ4n) is 5.96. The van der Waals surface area contributed by atoms with Gasteiger partial charge in [-0.3, -0.25) is 14.3 Å². The summed E-state index contributed by atoms with van der Waals surface area (Å²) >= 11 is 0. The van der Waals surface area contributed by atoms with E-state index in [-0.39, 0.29) is 17.9 Å². The van der Waals surface area contributed by atoms with E-state index in [4.69, 9.17) is 0 Å². The smallest absolute Gasteiger partial charge is 0.257 e. The Balaban J connectivity index is 1.13. The monoisotopic (exact) mass is 591 g/mol. The van der Waals surface area contributed by atoms with Gasteiger partial charge in [-0.2, -0.15) is 5.10 Å². The van der Waals surface area contributed by atoms with Crippen molar-refractivity contribution in [1.82, 2.24) is 19.7 Å². The van der Waals surface area contributed by atoms with Crippen molar-refractivity contribution in [3.05, 3.63) is 89.9 Å². The number of aryl methyl sites for hydroxylation is 1. The fourth-order valence-corrected chi connectivity index (χ4v) is 5.96. The molecule has 0 bridgehead atoms. The van der Waals surface area contributed by atoms with E-state index >= 15 is 0 Å². The number of benzene rings is 2. The number of hydrogen-bond donors (Lipinski definition) is 2. The molecule has 0 atom stereocenters. The number of rotatable bonds is 9. The van der Waals surface area contributed by atoms with Crippen molar-refractivity contribution >= 4 is 29.0 Å². The zero-order valence-corrected chi connectivity index (χ0v) is 26.0. The normalized spacial score (nSPS) is 15.3. The van der Waals surface area contributed by atoms with Gasteiger partial charge >= 0.3 is 0 Å². The summed E-state index contributed by atoms with van der Waals surface area (Å²) in [5.41, 5.74) is 6.18. The third kappa shape index (κ3) is 6.61. The number of aromatic nitrogens is 3. The Bertz CT molecular complexity index is 1620. The highest BCUT2D eigenvalue weighted by molar-refractivity contribution is 6.07. The standard InChI is InChI=1S/C35H41N7O2/c1-23(2)38-33-14-10-28(20-36-33)34(43)39-31-19-27(9-13-32(31)41(4)30-11-12-30)35(44)42-17-15-26(16-18-42)24-5-7-25(8-6-24)29-21-37-40(3)22-29/h5-10,13-14,19-23,26,30H,11-12,15-18H2,1-4H3,(H,36,38)(H,39,43). The molecule has 2 aromatic heterocycles. The molecule has 1 aliphatic heterocycles. The van der Waals surface area contributed by atoms with Crippen LogP contribution in [0.15, 0.2) is 73.2 Å². The van der Waals surface area contributed by atoms with E-state index in [0.29, 0.717) is 41.9 Å². The molecule has 0 spiro atoms. The summed E-state index contributed by atoms with van der Waals surface area (Å²) in [6.45, 7) is 5.48. The highest BCUT2D eigenvalue weighted by Gasteiger charge is 2.30. The summed E-state index contributed by atoms with van der Waals surface area (Å²) in [6.07, 6.45) is 9.56. The van der Waals surface area contributed by atoms with E-state index in [1.54, 1.807) is 12.3 Å². The van der Waals surface area contributed by atoms with Crippen LogP contribution in [0, 0.1) is 0 Å². The Morgan fingerprint density at radius 2 is 1.64 bits per heavy atom. The van der Waals surface area contributed by atoms with Gasteiger partial charge in [-0.1, -0.05) is 24.3 Å². The number of carbonyl (C=O) groups is 2. The number of likely N-dealkylation sites (tertiary alicyclic amines) is 1. The number of piperidine rings is 1. The zero-order chi connectivity index (χ0) is 30.8. The summed E-state index contributed by atoms with van der Waals surface area (Å²) in [5, 5.41) is 10.6. The lowest BCUT2D eigenvalue weighted by molar-refractivity contribution is 0.0712. The summed E-state index contributed by atoms with van der Waals surface area (Å²) in [5.74, 6) is 0.891. The minimum Gasteiger partial charge on any atom is -0.370 e. The van der Waals surface area contributed by atoms with Crippen molar-refractivity contribution in [3.63, 3.8) is 0 Å². The van der Waals surface area contributed by atoms with Crippen LogP contribution in [0.2, 0.25) is 0 Å². The lowest BCUT2D eigenvalue weighted by Gasteiger charge is -2.32. The van der Waals surface area contributed by atoms with Gasteiger partial charge in [0.2, 0.25) is 0 Å². The van der Waals surface area contributed by atoms with Crippen molar-refractivity contribution in [3.8, 4) is 11.1 Å². The maximum atomic E-state index is 13.7. The maximum absolute atomic E-state index is 13.7. The second kappa shape index (κ2) is 12.5. The Labute approximate surface area is 259 Å². The second-order valence-corrected chi connectivity index (χ2v) is 12.4. The number of hydrogen-bond acceptors (Lipinski definition) is 6. The fraction of sp³-hybridized carbons (Fsp3) is 0.371. The van der Waals surface area contributed by atoms with E-state index in [1.165, 1.54) is 5.56 Å². The van der Waals surface area contributed by atoms with Gasteiger partial charge in [0.15, 0.2) is 0 Å². The van der Waals surface area contributed by atoms with Crippen LogP contribution in [-0.4, -0.2) is 63.7 Å². The maximum Gasteiger partial charge on any atom is 0.257 e. The van der Waals surface area contributed by atoms with Crippen molar-refractivity contribution in [2.45, 2.75) is 57.5 Å². The first-order valence-electron chi connectivity index (χ1n) is 15.5. The average molecular weight is 592 g/mol. The number of nitrogens with zero attached hydrogens (tertiary/aromatic N) is 5. The van der Waals surface area contributed by atoms with E-state index in [2.05, 4.69) is 49.9 Å². The van der Waals surface area contributed by atoms with E-state index in [0.717, 1.165) is 48.3 Å². The SMILES string of the molecule is CC(C)Nc1ccc(C(=O)Nc2cc(C(=O)N3CCC(c4ccc(-c5cnn(C)c5)cc4)CC3)ccc2N(C)C2CC2)cn1. The largest absolute Gasteiger partial charge is 0.370 e. The van der Waals surface area contributed by atoms with E-state index in [9.17, 15) is 9.59 Å². The molecule has 1 aliphatic carbocycles. The van der Waals surface area contributed by atoms with Crippen molar-refractivity contribution in [2.75, 3.05) is 35.7 Å². The van der Waals surface area contributed by atoms with Gasteiger partial charge in [0.25, 0.3) is 11.8 Å². The number of nitrogens with one attached hydrogen (secondary N) is 2. The predicted molar refractivity (Wildman–Crippen MR) is 175 cm³/mol. The van der Waals surface area contributed by atoms with Crippen LogP contribution in [0.4, 0.5) is 17.2 Å². The molecule has 228 valence electrons. The van der Waals surface area contributed by atoms with Crippen molar-refractivity contribution in [2.24, 2.45) is 7.05 Å². The van der Waals surface area contributed by atoms with Gasteiger partial charge < -0.3 is 20.4 Å². The third-order valence-electron chi connectivity index (χ3n) is 8.63. The Kier molecular flexibility index (Phi) is 8.37. The topological polar surface area (TPSA) is 95.4 Å². The Morgan fingerprint density at radius 1 is 0.909 bits per heavy atom. The number of pyridine rings is 1. The van der Waals surface area contributed by atoms with Crippen molar-refractivity contribution in [1.29, 1.82) is 0 Å². The zero-order valence-electron chi connectivity index (χ0n) is 26.0. The van der Waals surface area contributed by atoms with E-state index < -0.39 is 0 Å². The average Bonchev–Trinajstić information content (AvgIpc) is 3.80. The molecule has 1 saturated heterocycles. The Hall–Kier alpha value is -4.66. The van der Waals surface area contributed by atoms with Crippen LogP contribution in [0.25, 0.3) is 11.1 Å². The van der Waals surface area contributed by atoms with Crippen LogP contribution in [-0.2, 0) is 7.05 Å². The van der Waals surface area contributed by atoms with Gasteiger partial charge in [0, 0.05) is 62.8 Å². The molecule has 0 unspecified atom stereocenters. The van der Waals surface area contributed by atoms with Gasteiger partial charge in [0.1, 0.15) is 5.82 Å². The summed E-state index contributed by atoms with van der Waals surface area (Å²) in [4.78, 5) is 35.5. The molecule has 3 heterocycles. The molecule has 2 amide bonds. The van der Waals surface area contributed by atoms with E-state index in [1.807, 2.05) is 74.2 Å². The first kappa shape index (κ1) is 29.4. The lowest BCUT2D eigenvalue weighted by atomic mass is 9.88. The highest BCUT2D eigenvalue weighted by atomic mass is 16.2. The van der Waals surface area contributed by atoms with Crippen LogP contribution in [0.5, 0.6) is 0 Å². The van der Waals surface area contributed by atoms with Crippen LogP contribution in [0.1, 0.15) is 71.7 Å². The molecule has 1 saturated carbocycles. The predicted octanol–water partition coefficient (Wildman–Crippen LogP) is 6.17. The second-order valence-electron chi connectivity index (χ2n) is 12.4. The highest BCUT2D eigenvalue weighted by Crippen LogP contribution is 2.36. The van der Waals surface area contributed by atoms with Gasteiger partial charge in [-0.05, 0) is 86.9 Å². The quantitative estimate of drug-likeness (QED) is 0.242. The lowest BCUT2D eigenvalue weighted by Crippen LogP contribution is -2.38. The molecule has 9 heteroatoms. The van der Waals surface area contributed by atoms with Crippen LogP contribution >= 0.6 is 0 Å². The molecular weight excluding hydrogens is 550 g/mol. The van der Waals surface area contributed by atoms with Crippen molar-refractivity contribution < 1.29 is 9.59 Å².